The summed E-state index contributed by atoms with van der Waals surface area (Å²) >= 11 is 0. The van der Waals surface area contributed by atoms with Gasteiger partial charge in [0.2, 0.25) is 0 Å². The first-order valence-electron chi connectivity index (χ1n) is 15.5. The van der Waals surface area contributed by atoms with Crippen molar-refractivity contribution in [3.63, 3.8) is 0 Å². The van der Waals surface area contributed by atoms with Crippen LogP contribution in [0.1, 0.15) is 16.8 Å². The third-order valence-electron chi connectivity index (χ3n) is 7.98. The van der Waals surface area contributed by atoms with E-state index >= 15 is 0 Å². The summed E-state index contributed by atoms with van der Waals surface area (Å²) in [6.07, 6.45) is 1.77. The molecule has 226 valence electrons. The minimum Gasteiger partial charge on any atom is -0.267 e. The van der Waals surface area contributed by atoms with Crippen molar-refractivity contribution in [1.82, 2.24) is 5.43 Å². The quantitative estimate of drug-likeness (QED) is 0.0512. The molecule has 6 aromatic carbocycles. The SMILES string of the molecule is O=C([15NH]N=NCCC[P+](c1ccccc1)(c1ccccc1)c1ccccc1)c1ccccc1P(c1ccccc1)c1ccccc1. The van der Waals surface area contributed by atoms with Crippen molar-refractivity contribution in [2.75, 3.05) is 12.7 Å². The highest BCUT2D eigenvalue weighted by Crippen LogP contribution is 2.55. The van der Waals surface area contributed by atoms with Gasteiger partial charge < -0.3 is 0 Å². The van der Waals surface area contributed by atoms with E-state index in [9.17, 15) is 4.79 Å². The zero-order valence-corrected chi connectivity index (χ0v) is 27.4. The van der Waals surface area contributed by atoms with Crippen molar-refractivity contribution in [3.8, 4) is 0 Å². The van der Waals surface area contributed by atoms with Crippen LogP contribution in [0.25, 0.3) is 0 Å². The minimum atomic E-state index is -1.93. The van der Waals surface area contributed by atoms with Crippen molar-refractivity contribution < 1.29 is 4.79 Å². The topological polar surface area (TPSA) is 53.8 Å². The van der Waals surface area contributed by atoms with Gasteiger partial charge in [0.25, 0.3) is 5.91 Å². The highest BCUT2D eigenvalue weighted by atomic mass is 31.2. The summed E-state index contributed by atoms with van der Waals surface area (Å²) in [5.74, 6) is -0.251. The number of nitrogens with one attached hydrogen (secondary N) is 1. The maximum absolute atomic E-state index is 13.5. The van der Waals surface area contributed by atoms with E-state index < -0.39 is 15.2 Å². The van der Waals surface area contributed by atoms with Crippen LogP contribution in [0.3, 0.4) is 0 Å². The number of amides is 1. The normalized spacial score (nSPS) is 11.5. The van der Waals surface area contributed by atoms with E-state index in [1.54, 1.807) is 0 Å². The molecular formula is C40H36N3OP2+. The third kappa shape index (κ3) is 7.05. The summed E-state index contributed by atoms with van der Waals surface area (Å²) in [4.78, 5) is 13.5. The molecular weight excluding hydrogens is 601 g/mol. The molecule has 0 saturated carbocycles. The highest BCUT2D eigenvalue weighted by molar-refractivity contribution is 7.95. The van der Waals surface area contributed by atoms with Gasteiger partial charge in [0.15, 0.2) is 0 Å². The first kappa shape index (κ1) is 31.2. The van der Waals surface area contributed by atoms with Crippen LogP contribution in [0.4, 0.5) is 0 Å². The Kier molecular flexibility index (Phi) is 10.5. The molecule has 0 aliphatic rings. The number of hydrogen-bond acceptors (Lipinski definition) is 3. The minimum absolute atomic E-state index is 0.251. The Morgan fingerprint density at radius 3 is 1.43 bits per heavy atom. The molecule has 0 aliphatic heterocycles. The fraction of sp³-hybridized carbons (Fsp3) is 0.0750. The molecule has 6 aromatic rings. The maximum Gasteiger partial charge on any atom is 0.273 e. The Hall–Kier alpha value is -4.75. The standard InChI is InChI=1S/C40H35N3OP2/c44-40(38-29-16-17-30-39(38)45(33-19-6-1-7-20-33)34-21-8-2-9-22-34)42-43-41-31-18-32-46(35-23-10-3-11-24-35,36-25-12-4-13-26-36)37-27-14-5-15-28-37/h1-17,19-30H,18,31-32H2/p+1/i42+1. The Morgan fingerprint density at radius 1 is 0.543 bits per heavy atom. The first-order valence-corrected chi connectivity index (χ1v) is 18.8. The summed E-state index contributed by atoms with van der Waals surface area (Å²) in [5.41, 5.74) is 3.34. The monoisotopic (exact) mass is 637 g/mol. The summed E-state index contributed by atoms with van der Waals surface area (Å²) in [6.45, 7) is 0.511. The van der Waals surface area contributed by atoms with Crippen LogP contribution >= 0.6 is 15.2 Å². The molecule has 0 heterocycles. The summed E-state index contributed by atoms with van der Waals surface area (Å²) in [7, 11) is -2.86. The second kappa shape index (κ2) is 15.5. The molecule has 0 fully saturated rings. The number of nitrogens with zero attached hydrogens (tertiary/aromatic N) is 2. The molecule has 0 aromatic heterocycles. The number of rotatable bonds is 12. The largest absolute Gasteiger partial charge is 0.273 e. The van der Waals surface area contributed by atoms with Gasteiger partial charge >= 0.3 is 0 Å². The molecule has 0 spiro atoms. The summed E-state index contributed by atoms with van der Waals surface area (Å²) < 4.78 is 0. The average Bonchev–Trinajstić information content (AvgIpc) is 3.14. The molecule has 0 aliphatic carbocycles. The fourth-order valence-electron chi connectivity index (χ4n) is 5.89. The molecule has 1 amide bonds. The van der Waals surface area contributed by atoms with E-state index in [-0.39, 0.29) is 5.91 Å². The molecule has 0 bridgehead atoms. The first-order chi connectivity index (χ1) is 22.8. The lowest BCUT2D eigenvalue weighted by Crippen LogP contribution is -2.33. The van der Waals surface area contributed by atoms with Gasteiger partial charge in [-0.3, -0.25) is 4.79 Å². The summed E-state index contributed by atoms with van der Waals surface area (Å²) in [5, 5.41) is 16.0. The fourth-order valence-corrected chi connectivity index (χ4v) is 12.7. The van der Waals surface area contributed by atoms with Crippen molar-refractivity contribution in [2.24, 2.45) is 10.3 Å². The van der Waals surface area contributed by atoms with Crippen LogP contribution in [-0.2, 0) is 0 Å². The predicted molar refractivity (Wildman–Crippen MR) is 197 cm³/mol. The molecule has 0 radical (unpaired) electrons. The Bertz CT molecular complexity index is 1720. The molecule has 6 heteroatoms. The van der Waals surface area contributed by atoms with Crippen molar-refractivity contribution in [3.05, 3.63) is 181 Å². The van der Waals surface area contributed by atoms with Crippen LogP contribution in [-0.4, -0.2) is 18.6 Å². The van der Waals surface area contributed by atoms with E-state index in [1.165, 1.54) is 26.5 Å². The van der Waals surface area contributed by atoms with Gasteiger partial charge in [-0.2, -0.15) is 5.11 Å². The van der Waals surface area contributed by atoms with E-state index in [1.807, 2.05) is 30.3 Å². The Labute approximate surface area is 273 Å². The van der Waals surface area contributed by atoms with Crippen LogP contribution in [0.15, 0.2) is 186 Å². The van der Waals surface area contributed by atoms with Crippen molar-refractivity contribution in [2.45, 2.75) is 6.42 Å². The van der Waals surface area contributed by atoms with E-state index in [0.29, 0.717) is 12.1 Å². The van der Waals surface area contributed by atoms with Gasteiger partial charge in [-0.15, -0.1) is 0 Å². The van der Waals surface area contributed by atoms with Crippen LogP contribution in [0, 0.1) is 0 Å². The Balaban J connectivity index is 1.20. The van der Waals surface area contributed by atoms with Crippen LogP contribution < -0.4 is 37.3 Å². The molecule has 1 N–H and O–H groups in total. The molecule has 4 nitrogen and oxygen atoms in total. The lowest BCUT2D eigenvalue weighted by Gasteiger charge is -2.27. The van der Waals surface area contributed by atoms with Gasteiger partial charge in [-0.25, -0.2) is 5.43 Å². The number of hydrogen-bond donors (Lipinski definition) is 1. The van der Waals surface area contributed by atoms with E-state index in [4.69, 9.17) is 0 Å². The second-order valence-corrected chi connectivity index (χ2v) is 16.6. The lowest BCUT2D eigenvalue weighted by atomic mass is 10.2. The zero-order chi connectivity index (χ0) is 31.4. The number of benzene rings is 6. The van der Waals surface area contributed by atoms with E-state index in [0.717, 1.165) is 17.9 Å². The van der Waals surface area contributed by atoms with Gasteiger partial charge in [-0.1, -0.05) is 139 Å². The number of carbonyl (C=O) groups excluding carboxylic acids is 1. The molecule has 0 atom stereocenters. The molecule has 0 unspecified atom stereocenters. The number of carbonyl (C=O) groups is 1. The van der Waals surface area contributed by atoms with Crippen molar-refractivity contribution in [1.29, 1.82) is 0 Å². The Morgan fingerprint density at radius 2 is 0.957 bits per heavy atom. The zero-order valence-electron chi connectivity index (χ0n) is 25.6. The maximum atomic E-state index is 13.5. The van der Waals surface area contributed by atoms with Crippen LogP contribution in [0.5, 0.6) is 0 Å². The second-order valence-electron chi connectivity index (χ2n) is 10.8. The van der Waals surface area contributed by atoms with Gasteiger partial charge in [-0.05, 0) is 66.3 Å². The molecule has 6 rings (SSSR count). The average molecular weight is 638 g/mol. The molecule has 46 heavy (non-hydrogen) atoms. The third-order valence-corrected chi connectivity index (χ3v) is 15.0. The van der Waals surface area contributed by atoms with E-state index in [2.05, 4.69) is 161 Å². The highest BCUT2D eigenvalue weighted by Gasteiger charge is 2.44. The molecule has 0 saturated heterocycles. The van der Waals surface area contributed by atoms with Crippen molar-refractivity contribution >= 4 is 52.9 Å². The van der Waals surface area contributed by atoms with Crippen LogP contribution in [0.2, 0.25) is 0 Å². The smallest absolute Gasteiger partial charge is 0.267 e. The lowest BCUT2D eigenvalue weighted by molar-refractivity contribution is 0.0952. The van der Waals surface area contributed by atoms with Gasteiger partial charge in [0.1, 0.15) is 23.2 Å². The van der Waals surface area contributed by atoms with Gasteiger partial charge in [0, 0.05) is 12.0 Å². The van der Waals surface area contributed by atoms with Gasteiger partial charge in [0.05, 0.1) is 12.7 Å². The summed E-state index contributed by atoms with van der Waals surface area (Å²) in [6, 6.07) is 61.2. The predicted octanol–water partition coefficient (Wildman–Crippen LogP) is 6.93.